The fourth-order valence-corrected chi connectivity index (χ4v) is 0.898. The lowest BCUT2D eigenvalue weighted by Gasteiger charge is -2.15. The summed E-state index contributed by atoms with van der Waals surface area (Å²) >= 11 is 0. The highest BCUT2D eigenvalue weighted by atomic mass is 16.2. The van der Waals surface area contributed by atoms with Crippen LogP contribution in [0.15, 0.2) is 0 Å². The van der Waals surface area contributed by atoms with Crippen LogP contribution < -0.4 is 16.4 Å². The van der Waals surface area contributed by atoms with Gasteiger partial charge in [0.2, 0.25) is 18.2 Å². The van der Waals surface area contributed by atoms with Crippen LogP contribution in [0.1, 0.15) is 20.3 Å². The van der Waals surface area contributed by atoms with Crippen LogP contribution in [0.3, 0.4) is 0 Å². The lowest BCUT2D eigenvalue weighted by atomic mass is 10.2. The van der Waals surface area contributed by atoms with Crippen LogP contribution in [-0.2, 0) is 14.4 Å². The molecule has 0 aromatic heterocycles. The van der Waals surface area contributed by atoms with Gasteiger partial charge in [-0.3, -0.25) is 14.4 Å². The number of hydrogen-bond acceptors (Lipinski definition) is 3. The van der Waals surface area contributed by atoms with Crippen LogP contribution in [0.2, 0.25) is 0 Å². The van der Waals surface area contributed by atoms with Gasteiger partial charge < -0.3 is 16.4 Å². The molecular weight excluding hydrogens is 186 g/mol. The summed E-state index contributed by atoms with van der Waals surface area (Å²) in [6.07, 6.45) is 0.530. The lowest BCUT2D eigenvalue weighted by Crippen LogP contribution is -2.45. The molecule has 3 amide bonds. The van der Waals surface area contributed by atoms with Crippen LogP contribution in [0.5, 0.6) is 0 Å². The first-order valence-corrected chi connectivity index (χ1v) is 4.25. The Morgan fingerprint density at radius 3 is 2.43 bits per heavy atom. The fraction of sp³-hybridized carbons (Fsp3) is 0.625. The predicted molar refractivity (Wildman–Crippen MR) is 50.1 cm³/mol. The van der Waals surface area contributed by atoms with Crippen molar-refractivity contribution in [2.24, 2.45) is 5.73 Å². The first-order valence-electron chi connectivity index (χ1n) is 4.25. The summed E-state index contributed by atoms with van der Waals surface area (Å²) < 4.78 is 0. The zero-order chi connectivity index (χ0) is 11.1. The molecule has 0 heterocycles. The van der Waals surface area contributed by atoms with E-state index < -0.39 is 11.9 Å². The van der Waals surface area contributed by atoms with Crippen molar-refractivity contribution >= 4 is 18.2 Å². The molecule has 14 heavy (non-hydrogen) atoms. The SMILES string of the molecule is CC(CC(N)=O)NC(=O)C(C)NC=O. The Morgan fingerprint density at radius 1 is 1.43 bits per heavy atom. The molecule has 0 fully saturated rings. The molecule has 0 radical (unpaired) electrons. The van der Waals surface area contributed by atoms with Gasteiger partial charge in [-0.25, -0.2) is 0 Å². The normalized spacial score (nSPS) is 13.9. The first-order chi connectivity index (χ1) is 6.47. The summed E-state index contributed by atoms with van der Waals surface area (Å²) in [4.78, 5) is 31.7. The summed E-state index contributed by atoms with van der Waals surface area (Å²) in [7, 11) is 0. The average Bonchev–Trinajstić information content (AvgIpc) is 2.02. The Labute approximate surface area is 82.2 Å². The van der Waals surface area contributed by atoms with Crippen molar-refractivity contribution in [3.8, 4) is 0 Å². The Kier molecular flexibility index (Phi) is 5.28. The minimum absolute atomic E-state index is 0.0829. The average molecular weight is 201 g/mol. The van der Waals surface area contributed by atoms with E-state index in [0.717, 1.165) is 0 Å². The smallest absolute Gasteiger partial charge is 0.242 e. The summed E-state index contributed by atoms with van der Waals surface area (Å²) in [5.74, 6) is -0.820. The first kappa shape index (κ1) is 12.4. The van der Waals surface area contributed by atoms with Crippen molar-refractivity contribution in [1.29, 1.82) is 0 Å². The summed E-state index contributed by atoms with van der Waals surface area (Å²) in [5, 5.41) is 4.83. The van der Waals surface area contributed by atoms with Crippen molar-refractivity contribution < 1.29 is 14.4 Å². The van der Waals surface area contributed by atoms with E-state index in [9.17, 15) is 14.4 Å². The van der Waals surface area contributed by atoms with Crippen molar-refractivity contribution in [1.82, 2.24) is 10.6 Å². The highest BCUT2D eigenvalue weighted by Gasteiger charge is 2.14. The molecule has 2 atom stereocenters. The van der Waals surface area contributed by atoms with Crippen LogP contribution >= 0.6 is 0 Å². The number of carbonyl (C=O) groups excluding carboxylic acids is 3. The zero-order valence-electron chi connectivity index (χ0n) is 8.24. The summed E-state index contributed by atoms with van der Waals surface area (Å²) in [6, 6.07) is -0.932. The third-order valence-corrected chi connectivity index (χ3v) is 1.61. The van der Waals surface area contributed by atoms with E-state index in [1.165, 1.54) is 0 Å². The van der Waals surface area contributed by atoms with E-state index in [1.54, 1.807) is 13.8 Å². The molecule has 6 nitrogen and oxygen atoms in total. The topological polar surface area (TPSA) is 101 Å². The van der Waals surface area contributed by atoms with Gasteiger partial charge in [0, 0.05) is 12.5 Å². The van der Waals surface area contributed by atoms with Gasteiger partial charge in [-0.15, -0.1) is 0 Å². The van der Waals surface area contributed by atoms with Crippen LogP contribution in [0, 0.1) is 0 Å². The Hall–Kier alpha value is -1.59. The summed E-state index contributed by atoms with van der Waals surface area (Å²) in [6.45, 7) is 3.21. The molecule has 0 aliphatic rings. The van der Waals surface area contributed by atoms with Gasteiger partial charge in [0.1, 0.15) is 6.04 Å². The number of amides is 3. The largest absolute Gasteiger partial charge is 0.370 e. The molecule has 0 aliphatic carbocycles. The molecule has 0 bridgehead atoms. The van der Waals surface area contributed by atoms with Crippen LogP contribution in [0.25, 0.3) is 0 Å². The molecule has 0 aromatic rings. The van der Waals surface area contributed by atoms with Gasteiger partial charge in [0.05, 0.1) is 0 Å². The monoisotopic (exact) mass is 201 g/mol. The number of hydrogen-bond donors (Lipinski definition) is 3. The Balaban J connectivity index is 3.92. The third-order valence-electron chi connectivity index (χ3n) is 1.61. The number of nitrogens with one attached hydrogen (secondary N) is 2. The maximum Gasteiger partial charge on any atom is 0.242 e. The van der Waals surface area contributed by atoms with E-state index in [1.807, 2.05) is 0 Å². The second-order valence-electron chi connectivity index (χ2n) is 3.09. The third kappa shape index (κ3) is 5.13. The molecular formula is C8H15N3O3. The van der Waals surface area contributed by atoms with Crippen molar-refractivity contribution in [2.45, 2.75) is 32.4 Å². The van der Waals surface area contributed by atoms with Gasteiger partial charge in [0.25, 0.3) is 0 Å². The van der Waals surface area contributed by atoms with Gasteiger partial charge in [0.15, 0.2) is 0 Å². The van der Waals surface area contributed by atoms with E-state index in [2.05, 4.69) is 10.6 Å². The predicted octanol–water partition coefficient (Wildman–Crippen LogP) is -1.50. The maximum absolute atomic E-state index is 11.2. The second-order valence-corrected chi connectivity index (χ2v) is 3.09. The van der Waals surface area contributed by atoms with Crippen molar-refractivity contribution in [2.75, 3.05) is 0 Å². The quantitative estimate of drug-likeness (QED) is 0.456. The van der Waals surface area contributed by atoms with Gasteiger partial charge >= 0.3 is 0 Å². The Bertz CT molecular complexity index is 230. The molecule has 80 valence electrons. The Morgan fingerprint density at radius 2 is 2.00 bits per heavy atom. The van der Waals surface area contributed by atoms with E-state index in [0.29, 0.717) is 6.41 Å². The van der Waals surface area contributed by atoms with E-state index in [4.69, 9.17) is 5.73 Å². The highest BCUT2D eigenvalue weighted by Crippen LogP contribution is 1.90. The highest BCUT2D eigenvalue weighted by molar-refractivity contribution is 5.84. The number of nitrogens with two attached hydrogens (primary N) is 1. The minimum atomic E-state index is -0.608. The van der Waals surface area contributed by atoms with E-state index >= 15 is 0 Å². The molecule has 0 saturated heterocycles. The van der Waals surface area contributed by atoms with Crippen molar-refractivity contribution in [3.05, 3.63) is 0 Å². The number of rotatable bonds is 6. The molecule has 0 saturated carbocycles. The van der Waals surface area contributed by atoms with Crippen LogP contribution in [0.4, 0.5) is 0 Å². The molecule has 2 unspecified atom stereocenters. The standard InChI is InChI=1S/C8H15N3O3/c1-5(3-7(9)13)11-8(14)6(2)10-4-12/h4-6H,3H2,1-2H3,(H2,9,13)(H,10,12)(H,11,14). The van der Waals surface area contributed by atoms with Crippen LogP contribution in [-0.4, -0.2) is 30.3 Å². The molecule has 0 spiro atoms. The lowest BCUT2D eigenvalue weighted by molar-refractivity contribution is -0.125. The van der Waals surface area contributed by atoms with Gasteiger partial charge in [-0.2, -0.15) is 0 Å². The fourth-order valence-electron chi connectivity index (χ4n) is 0.898. The number of carbonyl (C=O) groups is 3. The zero-order valence-corrected chi connectivity index (χ0v) is 8.24. The van der Waals surface area contributed by atoms with Crippen molar-refractivity contribution in [3.63, 3.8) is 0 Å². The molecule has 4 N–H and O–H groups in total. The minimum Gasteiger partial charge on any atom is -0.370 e. The maximum atomic E-state index is 11.2. The summed E-state index contributed by atoms with van der Waals surface area (Å²) in [5.41, 5.74) is 4.94. The van der Waals surface area contributed by atoms with E-state index in [-0.39, 0.29) is 18.4 Å². The second kappa shape index (κ2) is 5.95. The van der Waals surface area contributed by atoms with Gasteiger partial charge in [-0.1, -0.05) is 0 Å². The number of primary amides is 1. The molecule has 0 aromatic carbocycles. The van der Waals surface area contributed by atoms with Gasteiger partial charge in [-0.05, 0) is 13.8 Å². The molecule has 0 aliphatic heterocycles. The molecule has 6 heteroatoms. The molecule has 0 rings (SSSR count).